The smallest absolute Gasteiger partial charge is 0.322 e. The van der Waals surface area contributed by atoms with Crippen LogP contribution in [0.25, 0.3) is 0 Å². The van der Waals surface area contributed by atoms with Crippen LogP contribution in [0.1, 0.15) is 213 Å². The van der Waals surface area contributed by atoms with E-state index in [1.807, 2.05) is 0 Å². The van der Waals surface area contributed by atoms with Gasteiger partial charge in [-0.05, 0) is 70.6 Å². The number of unbranched alkanes of at least 4 members (excludes halogenated alkanes) is 22. The van der Waals surface area contributed by atoms with Gasteiger partial charge in [0.1, 0.15) is 12.6 Å². The first-order valence-electron chi connectivity index (χ1n) is 20.5. The predicted octanol–water partition coefficient (Wildman–Crippen LogP) is 12.3. The van der Waals surface area contributed by atoms with E-state index in [0.717, 1.165) is 64.2 Å². The lowest BCUT2D eigenvalue weighted by Crippen LogP contribution is -2.28. The number of hydrogen-bond donors (Lipinski definition) is 2. The van der Waals surface area contributed by atoms with E-state index in [9.17, 15) is 14.4 Å². The van der Waals surface area contributed by atoms with E-state index in [0.29, 0.717) is 12.8 Å². The Morgan fingerprint density at radius 1 is 0.542 bits per heavy atom. The number of amides is 1. The molecule has 0 rings (SSSR count). The Bertz CT molecular complexity index is 793. The molecule has 0 saturated heterocycles. The molecule has 0 bridgehead atoms. The molecule has 2 N–H and O–H groups in total. The second-order valence-electron chi connectivity index (χ2n) is 13.9. The van der Waals surface area contributed by atoms with Crippen molar-refractivity contribution in [2.75, 3.05) is 6.54 Å². The number of esters is 1. The highest BCUT2D eigenvalue weighted by atomic mass is 16.5. The number of allylic oxidation sites excluding steroid dienone is 4. The number of nitrogens with one attached hydrogen (secondary N) is 1. The zero-order valence-electron chi connectivity index (χ0n) is 31.6. The molecule has 0 radical (unpaired) electrons. The van der Waals surface area contributed by atoms with Gasteiger partial charge in [-0.3, -0.25) is 14.4 Å². The van der Waals surface area contributed by atoms with Crippen LogP contribution in [-0.2, 0) is 19.1 Å². The van der Waals surface area contributed by atoms with Crippen molar-refractivity contribution in [2.45, 2.75) is 219 Å². The Balaban J connectivity index is 3.89. The largest absolute Gasteiger partial charge is 0.480 e. The summed E-state index contributed by atoms with van der Waals surface area (Å²) >= 11 is 0. The lowest BCUT2D eigenvalue weighted by atomic mass is 10.0. The van der Waals surface area contributed by atoms with Gasteiger partial charge in [0.05, 0.1) is 0 Å². The van der Waals surface area contributed by atoms with E-state index in [1.165, 1.54) is 122 Å². The van der Waals surface area contributed by atoms with Crippen LogP contribution in [0.5, 0.6) is 0 Å². The van der Waals surface area contributed by atoms with Crippen LogP contribution in [0.3, 0.4) is 0 Å². The summed E-state index contributed by atoms with van der Waals surface area (Å²) in [6.45, 7) is 4.18. The van der Waals surface area contributed by atoms with Crippen LogP contribution in [0, 0.1) is 0 Å². The van der Waals surface area contributed by atoms with Gasteiger partial charge in [0.2, 0.25) is 5.91 Å². The highest BCUT2D eigenvalue weighted by molar-refractivity contribution is 5.80. The van der Waals surface area contributed by atoms with Gasteiger partial charge in [-0.1, -0.05) is 154 Å². The molecule has 0 spiro atoms. The molecule has 1 amide bonds. The fourth-order valence-electron chi connectivity index (χ4n) is 6.07. The number of carboxylic acid groups (broad SMARTS) is 1. The van der Waals surface area contributed by atoms with Gasteiger partial charge in [-0.2, -0.15) is 0 Å². The normalized spacial score (nSPS) is 12.2. The number of carbonyl (C=O) groups is 3. The minimum absolute atomic E-state index is 0.00442. The monoisotopic (exact) mass is 676 g/mol. The standard InChI is InChI=1S/C42H77NO5/c1-3-5-7-9-11-12-13-14-15-16-17-18-19-20-21-22-23-24-25-27-33-37-42(47)48-39(34-30-26-10-8-6-4-2)35-31-28-29-32-36-40(44)43-38-41(45)46/h13-14,16-17,39H,3-12,15,18-38H2,1-2H3,(H,43,44)(H,45,46)/b14-13-,17-16-. The van der Waals surface area contributed by atoms with Gasteiger partial charge in [0.25, 0.3) is 0 Å². The van der Waals surface area contributed by atoms with Crippen molar-refractivity contribution in [3.05, 3.63) is 24.3 Å². The van der Waals surface area contributed by atoms with Crippen molar-refractivity contribution < 1.29 is 24.2 Å². The number of hydrogen-bond acceptors (Lipinski definition) is 4. The average molecular weight is 676 g/mol. The number of aliphatic carboxylic acids is 1. The Labute approximate surface area is 296 Å². The summed E-state index contributed by atoms with van der Waals surface area (Å²) in [7, 11) is 0. The quantitative estimate of drug-likeness (QED) is 0.0388. The van der Waals surface area contributed by atoms with Crippen molar-refractivity contribution in [1.82, 2.24) is 5.32 Å². The Kier molecular flexibility index (Phi) is 36.0. The molecule has 0 aromatic carbocycles. The van der Waals surface area contributed by atoms with Crippen LogP contribution in [0.4, 0.5) is 0 Å². The molecule has 1 unspecified atom stereocenters. The Morgan fingerprint density at radius 2 is 0.958 bits per heavy atom. The van der Waals surface area contributed by atoms with Crippen LogP contribution >= 0.6 is 0 Å². The number of carbonyl (C=O) groups excluding carboxylic acids is 2. The molecule has 1 atom stereocenters. The van der Waals surface area contributed by atoms with Crippen molar-refractivity contribution in [2.24, 2.45) is 0 Å². The molecule has 0 aliphatic rings. The summed E-state index contributed by atoms with van der Waals surface area (Å²) in [5.41, 5.74) is 0. The van der Waals surface area contributed by atoms with Gasteiger partial charge >= 0.3 is 11.9 Å². The van der Waals surface area contributed by atoms with Gasteiger partial charge in [0, 0.05) is 12.8 Å². The lowest BCUT2D eigenvalue weighted by Gasteiger charge is -2.18. The molecule has 0 fully saturated rings. The van der Waals surface area contributed by atoms with Gasteiger partial charge < -0.3 is 15.2 Å². The van der Waals surface area contributed by atoms with Crippen molar-refractivity contribution in [3.63, 3.8) is 0 Å². The SMILES string of the molecule is CCCCCCC/C=C\C/C=C\CCCCCCCCCCCC(=O)OC(CCCCCCCC)CCCCCCC(=O)NCC(=O)O. The minimum Gasteiger partial charge on any atom is -0.480 e. The Hall–Kier alpha value is -2.11. The van der Waals surface area contributed by atoms with Crippen LogP contribution < -0.4 is 5.32 Å². The molecule has 0 aliphatic carbocycles. The summed E-state index contributed by atoms with van der Waals surface area (Å²) < 4.78 is 5.95. The summed E-state index contributed by atoms with van der Waals surface area (Å²) in [6, 6.07) is 0. The second kappa shape index (κ2) is 37.7. The molecular formula is C42H77NO5. The molecule has 6 nitrogen and oxygen atoms in total. The first kappa shape index (κ1) is 45.9. The third kappa shape index (κ3) is 36.7. The highest BCUT2D eigenvalue weighted by Crippen LogP contribution is 2.18. The number of carboxylic acids is 1. The summed E-state index contributed by atoms with van der Waals surface area (Å²) in [5.74, 6) is -1.26. The maximum atomic E-state index is 12.6. The van der Waals surface area contributed by atoms with Crippen molar-refractivity contribution in [1.29, 1.82) is 0 Å². The van der Waals surface area contributed by atoms with E-state index in [-0.39, 0.29) is 24.5 Å². The zero-order chi connectivity index (χ0) is 35.2. The third-order valence-electron chi connectivity index (χ3n) is 9.13. The summed E-state index contributed by atoms with van der Waals surface area (Å²) in [6.07, 6.45) is 44.5. The molecule has 0 aromatic rings. The lowest BCUT2D eigenvalue weighted by molar-refractivity contribution is -0.150. The second-order valence-corrected chi connectivity index (χ2v) is 13.9. The molecule has 0 heterocycles. The first-order valence-corrected chi connectivity index (χ1v) is 20.5. The van der Waals surface area contributed by atoms with E-state index in [1.54, 1.807) is 0 Å². The average Bonchev–Trinajstić information content (AvgIpc) is 3.07. The summed E-state index contributed by atoms with van der Waals surface area (Å²) in [5, 5.41) is 11.1. The maximum absolute atomic E-state index is 12.6. The molecule has 0 aliphatic heterocycles. The number of ether oxygens (including phenoxy) is 1. The van der Waals surface area contributed by atoms with E-state index in [2.05, 4.69) is 43.5 Å². The fourth-order valence-corrected chi connectivity index (χ4v) is 6.07. The van der Waals surface area contributed by atoms with Crippen LogP contribution in [0.2, 0.25) is 0 Å². The maximum Gasteiger partial charge on any atom is 0.322 e. The molecule has 0 aromatic heterocycles. The van der Waals surface area contributed by atoms with Gasteiger partial charge in [-0.15, -0.1) is 0 Å². The first-order chi connectivity index (χ1) is 23.5. The van der Waals surface area contributed by atoms with E-state index in [4.69, 9.17) is 9.84 Å². The molecule has 48 heavy (non-hydrogen) atoms. The third-order valence-corrected chi connectivity index (χ3v) is 9.13. The minimum atomic E-state index is -1.02. The molecule has 0 saturated carbocycles. The van der Waals surface area contributed by atoms with Crippen LogP contribution in [0.15, 0.2) is 24.3 Å². The van der Waals surface area contributed by atoms with Gasteiger partial charge in [-0.25, -0.2) is 0 Å². The molecule has 280 valence electrons. The zero-order valence-corrected chi connectivity index (χ0v) is 31.6. The van der Waals surface area contributed by atoms with Crippen molar-refractivity contribution >= 4 is 17.8 Å². The van der Waals surface area contributed by atoms with Crippen LogP contribution in [-0.4, -0.2) is 35.6 Å². The highest BCUT2D eigenvalue weighted by Gasteiger charge is 2.14. The predicted molar refractivity (Wildman–Crippen MR) is 203 cm³/mol. The molecule has 6 heteroatoms. The van der Waals surface area contributed by atoms with Gasteiger partial charge in [0.15, 0.2) is 0 Å². The van der Waals surface area contributed by atoms with E-state index >= 15 is 0 Å². The fraction of sp³-hybridized carbons (Fsp3) is 0.833. The van der Waals surface area contributed by atoms with E-state index < -0.39 is 5.97 Å². The topological polar surface area (TPSA) is 92.7 Å². The molecular weight excluding hydrogens is 598 g/mol. The Morgan fingerprint density at radius 3 is 1.44 bits per heavy atom. The number of rotatable bonds is 37. The van der Waals surface area contributed by atoms with Crippen molar-refractivity contribution in [3.8, 4) is 0 Å². The summed E-state index contributed by atoms with van der Waals surface area (Å²) in [4.78, 5) is 34.9.